The first-order valence-corrected chi connectivity index (χ1v) is 5.94. The van der Waals surface area contributed by atoms with Crippen molar-refractivity contribution in [3.63, 3.8) is 0 Å². The lowest BCUT2D eigenvalue weighted by Gasteiger charge is -2.05. The van der Waals surface area contributed by atoms with E-state index in [4.69, 9.17) is 15.0 Å². The van der Waals surface area contributed by atoms with E-state index in [1.165, 1.54) is 0 Å². The maximum absolute atomic E-state index is 5.86. The third-order valence-corrected chi connectivity index (χ3v) is 2.83. The number of nitrogens with zero attached hydrogens (tertiary/aromatic N) is 2. The third-order valence-electron chi connectivity index (χ3n) is 2.83. The fourth-order valence-corrected chi connectivity index (χ4v) is 1.72. The number of nitrogen functional groups attached to an aromatic ring is 1. The van der Waals surface area contributed by atoms with Crippen LogP contribution in [-0.2, 0) is 4.74 Å². The van der Waals surface area contributed by atoms with E-state index in [1.807, 2.05) is 39.0 Å². The summed E-state index contributed by atoms with van der Waals surface area (Å²) < 4.78 is 10.7. The van der Waals surface area contributed by atoms with Gasteiger partial charge in [0, 0.05) is 17.9 Å². The quantitative estimate of drug-likeness (QED) is 0.841. The summed E-state index contributed by atoms with van der Waals surface area (Å²) in [6.45, 7) is 6.37. The molecule has 1 aromatic heterocycles. The van der Waals surface area contributed by atoms with Crippen LogP contribution in [-0.4, -0.2) is 16.7 Å². The van der Waals surface area contributed by atoms with Crippen molar-refractivity contribution >= 4 is 5.69 Å². The average Bonchev–Trinajstić information content (AvgIpc) is 2.82. The van der Waals surface area contributed by atoms with Crippen molar-refractivity contribution in [2.24, 2.45) is 0 Å². The van der Waals surface area contributed by atoms with Crippen LogP contribution in [0.1, 0.15) is 31.3 Å². The minimum atomic E-state index is -0.172. The Morgan fingerprint density at radius 3 is 2.94 bits per heavy atom. The van der Waals surface area contributed by atoms with E-state index in [2.05, 4.69) is 10.1 Å². The van der Waals surface area contributed by atoms with E-state index in [0.717, 1.165) is 11.1 Å². The van der Waals surface area contributed by atoms with Crippen molar-refractivity contribution < 1.29 is 9.26 Å². The van der Waals surface area contributed by atoms with Gasteiger partial charge < -0.3 is 15.0 Å². The Hall–Kier alpha value is -1.88. The zero-order valence-electron chi connectivity index (χ0n) is 10.8. The molecule has 2 rings (SSSR count). The van der Waals surface area contributed by atoms with Crippen LogP contribution in [0.4, 0.5) is 5.69 Å². The van der Waals surface area contributed by atoms with Gasteiger partial charge in [0.2, 0.25) is 5.82 Å². The van der Waals surface area contributed by atoms with Crippen molar-refractivity contribution in [2.45, 2.75) is 26.9 Å². The van der Waals surface area contributed by atoms with E-state index < -0.39 is 0 Å². The zero-order valence-corrected chi connectivity index (χ0v) is 10.8. The van der Waals surface area contributed by atoms with Crippen molar-refractivity contribution in [1.82, 2.24) is 10.1 Å². The summed E-state index contributed by atoms with van der Waals surface area (Å²) in [5.74, 6) is 1.02. The molecule has 96 valence electrons. The molecule has 0 spiro atoms. The van der Waals surface area contributed by atoms with Crippen LogP contribution in [0.5, 0.6) is 0 Å². The van der Waals surface area contributed by atoms with Crippen LogP contribution in [0.25, 0.3) is 11.5 Å². The number of rotatable bonds is 4. The number of anilines is 1. The predicted octanol–water partition coefficient (Wildman–Crippen LogP) is 2.72. The summed E-state index contributed by atoms with van der Waals surface area (Å²) in [5, 5.41) is 3.93. The van der Waals surface area contributed by atoms with Crippen molar-refractivity contribution in [3.8, 4) is 11.5 Å². The monoisotopic (exact) mass is 247 g/mol. The molecule has 0 bridgehead atoms. The molecule has 0 aliphatic rings. The van der Waals surface area contributed by atoms with E-state index >= 15 is 0 Å². The molecule has 0 saturated carbocycles. The highest BCUT2D eigenvalue weighted by molar-refractivity contribution is 5.66. The van der Waals surface area contributed by atoms with Crippen LogP contribution in [0.3, 0.4) is 0 Å². The van der Waals surface area contributed by atoms with Gasteiger partial charge in [-0.2, -0.15) is 4.98 Å². The first kappa shape index (κ1) is 12.6. The summed E-state index contributed by atoms with van der Waals surface area (Å²) in [5.41, 5.74) is 8.37. The van der Waals surface area contributed by atoms with Gasteiger partial charge in [-0.15, -0.1) is 0 Å². The molecule has 1 aromatic carbocycles. The lowest BCUT2D eigenvalue weighted by molar-refractivity contribution is 0.0683. The second-order valence-corrected chi connectivity index (χ2v) is 4.08. The van der Waals surface area contributed by atoms with Crippen molar-refractivity contribution in [2.75, 3.05) is 12.3 Å². The summed E-state index contributed by atoms with van der Waals surface area (Å²) >= 11 is 0. The summed E-state index contributed by atoms with van der Waals surface area (Å²) in [4.78, 5) is 4.34. The maximum atomic E-state index is 5.86. The Bertz CT molecular complexity index is 537. The van der Waals surface area contributed by atoms with Gasteiger partial charge in [-0.25, -0.2) is 0 Å². The fraction of sp³-hybridized carbons (Fsp3) is 0.385. The van der Waals surface area contributed by atoms with Crippen LogP contribution >= 0.6 is 0 Å². The average molecular weight is 247 g/mol. The van der Waals surface area contributed by atoms with Gasteiger partial charge in [0.15, 0.2) is 0 Å². The first-order valence-electron chi connectivity index (χ1n) is 5.94. The van der Waals surface area contributed by atoms with Crippen LogP contribution in [0.15, 0.2) is 22.7 Å². The highest BCUT2D eigenvalue weighted by Gasteiger charge is 2.16. The van der Waals surface area contributed by atoms with Gasteiger partial charge >= 0.3 is 0 Å². The standard InChI is InChI=1S/C13H17N3O2/c1-4-17-9(3)12-15-13(18-16-12)10-6-5-7-11(14)8(10)2/h5-7,9H,4,14H2,1-3H3. The van der Waals surface area contributed by atoms with E-state index in [0.29, 0.717) is 24.0 Å². The lowest BCUT2D eigenvalue weighted by Crippen LogP contribution is -2.01. The molecule has 0 fully saturated rings. The Labute approximate surface area is 106 Å². The molecule has 0 radical (unpaired) electrons. The fourth-order valence-electron chi connectivity index (χ4n) is 1.72. The number of nitrogens with two attached hydrogens (primary N) is 1. The molecule has 2 N–H and O–H groups in total. The molecular weight excluding hydrogens is 230 g/mol. The Kier molecular flexibility index (Phi) is 3.62. The summed E-state index contributed by atoms with van der Waals surface area (Å²) in [7, 11) is 0. The Balaban J connectivity index is 2.32. The molecular formula is C13H17N3O2. The van der Waals surface area contributed by atoms with Crippen molar-refractivity contribution in [1.29, 1.82) is 0 Å². The van der Waals surface area contributed by atoms with E-state index in [-0.39, 0.29) is 6.10 Å². The lowest BCUT2D eigenvalue weighted by atomic mass is 10.1. The number of benzene rings is 1. The summed E-state index contributed by atoms with van der Waals surface area (Å²) in [6, 6.07) is 5.63. The minimum absolute atomic E-state index is 0.172. The van der Waals surface area contributed by atoms with Gasteiger partial charge in [0.25, 0.3) is 5.89 Å². The van der Waals surface area contributed by atoms with Crippen LogP contribution in [0.2, 0.25) is 0 Å². The molecule has 0 aliphatic carbocycles. The maximum Gasteiger partial charge on any atom is 0.258 e. The molecule has 0 amide bonds. The van der Waals surface area contributed by atoms with Gasteiger partial charge in [-0.1, -0.05) is 11.2 Å². The van der Waals surface area contributed by atoms with E-state index in [9.17, 15) is 0 Å². The topological polar surface area (TPSA) is 74.2 Å². The third kappa shape index (κ3) is 2.36. The zero-order chi connectivity index (χ0) is 13.1. The van der Waals surface area contributed by atoms with Gasteiger partial charge in [0.1, 0.15) is 6.10 Å². The number of ether oxygens (including phenoxy) is 1. The second kappa shape index (κ2) is 5.18. The highest BCUT2D eigenvalue weighted by Crippen LogP contribution is 2.26. The molecule has 1 heterocycles. The molecule has 0 aliphatic heterocycles. The van der Waals surface area contributed by atoms with Gasteiger partial charge in [0.05, 0.1) is 0 Å². The van der Waals surface area contributed by atoms with Crippen molar-refractivity contribution in [3.05, 3.63) is 29.6 Å². The second-order valence-electron chi connectivity index (χ2n) is 4.08. The van der Waals surface area contributed by atoms with E-state index in [1.54, 1.807) is 0 Å². The molecule has 18 heavy (non-hydrogen) atoms. The van der Waals surface area contributed by atoms with Crippen LogP contribution in [0, 0.1) is 6.92 Å². The van der Waals surface area contributed by atoms with Gasteiger partial charge in [-0.05, 0) is 38.5 Å². The largest absolute Gasteiger partial charge is 0.398 e. The first-order chi connectivity index (χ1) is 8.63. The number of aromatic nitrogens is 2. The number of hydrogen-bond acceptors (Lipinski definition) is 5. The smallest absolute Gasteiger partial charge is 0.258 e. The van der Waals surface area contributed by atoms with Gasteiger partial charge in [-0.3, -0.25) is 0 Å². The molecule has 5 nitrogen and oxygen atoms in total. The predicted molar refractivity (Wildman–Crippen MR) is 68.9 cm³/mol. The molecule has 0 saturated heterocycles. The van der Waals surface area contributed by atoms with Crippen LogP contribution < -0.4 is 5.73 Å². The summed E-state index contributed by atoms with van der Waals surface area (Å²) in [6.07, 6.45) is -0.172. The Morgan fingerprint density at radius 2 is 2.22 bits per heavy atom. The molecule has 1 unspecified atom stereocenters. The SMILES string of the molecule is CCOC(C)c1noc(-c2cccc(N)c2C)n1. The molecule has 5 heteroatoms. The normalized spacial score (nSPS) is 12.6. The number of hydrogen-bond donors (Lipinski definition) is 1. The molecule has 2 aromatic rings. The Morgan fingerprint density at radius 1 is 1.44 bits per heavy atom. The highest BCUT2D eigenvalue weighted by atomic mass is 16.5. The minimum Gasteiger partial charge on any atom is -0.398 e. The molecule has 1 atom stereocenters.